The molecular weight excluding hydrogens is 422 g/mol. The third-order valence-corrected chi connectivity index (χ3v) is 7.27. The van der Waals surface area contributed by atoms with Gasteiger partial charge in [0.15, 0.2) is 0 Å². The predicted octanol–water partition coefficient (Wildman–Crippen LogP) is 5.08. The molecule has 1 saturated carbocycles. The van der Waals surface area contributed by atoms with Gasteiger partial charge in [-0.3, -0.25) is 0 Å². The summed E-state index contributed by atoms with van der Waals surface area (Å²) < 4.78 is 6.10. The third kappa shape index (κ3) is 4.60. The summed E-state index contributed by atoms with van der Waals surface area (Å²) in [5.74, 6) is 0.870. The van der Waals surface area contributed by atoms with Gasteiger partial charge >= 0.3 is 6.03 Å². The maximum absolute atomic E-state index is 12.1. The molecule has 1 atom stereocenters. The Morgan fingerprint density at radius 2 is 2.00 bits per heavy atom. The summed E-state index contributed by atoms with van der Waals surface area (Å²) in [5, 5.41) is 7.46. The molecule has 1 aliphatic heterocycles. The van der Waals surface area contributed by atoms with Gasteiger partial charge < -0.3 is 20.3 Å². The number of rotatable bonds is 8. The van der Waals surface area contributed by atoms with Crippen LogP contribution in [0.15, 0.2) is 42.5 Å². The van der Waals surface area contributed by atoms with E-state index in [1.54, 1.807) is 4.90 Å². The minimum absolute atomic E-state index is 0.0387. The van der Waals surface area contributed by atoms with Crippen molar-refractivity contribution in [1.29, 1.82) is 0 Å². The average Bonchev–Trinajstić information content (AvgIpc) is 2.77. The number of halogens is 1. The first-order chi connectivity index (χ1) is 15.6. The molecule has 4 rings (SSSR count). The van der Waals surface area contributed by atoms with E-state index in [4.69, 9.17) is 16.3 Å². The van der Waals surface area contributed by atoms with E-state index >= 15 is 0 Å². The molecule has 0 bridgehead atoms. The van der Waals surface area contributed by atoms with E-state index in [-0.39, 0.29) is 17.5 Å². The van der Waals surface area contributed by atoms with Gasteiger partial charge in [-0.05, 0) is 80.6 Å². The molecule has 2 aromatic rings. The van der Waals surface area contributed by atoms with Gasteiger partial charge in [-0.25, -0.2) is 4.79 Å². The van der Waals surface area contributed by atoms with Crippen molar-refractivity contribution in [2.75, 3.05) is 32.8 Å². The second-order valence-electron chi connectivity index (χ2n) is 8.78. The van der Waals surface area contributed by atoms with Crippen LogP contribution in [0.2, 0.25) is 5.02 Å². The summed E-state index contributed by atoms with van der Waals surface area (Å²) in [6, 6.07) is 15.1. The Kier molecular flexibility index (Phi) is 7.27. The summed E-state index contributed by atoms with van der Waals surface area (Å²) in [4.78, 5) is 13.9. The summed E-state index contributed by atoms with van der Waals surface area (Å²) in [6.45, 7) is 7.24. The van der Waals surface area contributed by atoms with Crippen molar-refractivity contribution in [2.24, 2.45) is 0 Å². The lowest BCUT2D eigenvalue weighted by atomic mass is 9.58. The maximum atomic E-state index is 12.1. The maximum Gasteiger partial charge on any atom is 0.317 e. The molecule has 172 valence electrons. The second-order valence-corrected chi connectivity index (χ2v) is 9.21. The highest BCUT2D eigenvalue weighted by Crippen LogP contribution is 2.53. The summed E-state index contributed by atoms with van der Waals surface area (Å²) >= 11 is 6.17. The normalized spacial score (nSPS) is 18.9. The van der Waals surface area contributed by atoms with Gasteiger partial charge in [0.25, 0.3) is 0 Å². The molecule has 1 unspecified atom stereocenters. The first kappa shape index (κ1) is 22.9. The van der Waals surface area contributed by atoms with Crippen LogP contribution >= 0.6 is 11.6 Å². The monoisotopic (exact) mass is 455 g/mol. The number of hydrogen-bond acceptors (Lipinski definition) is 3. The molecule has 2 amide bonds. The van der Waals surface area contributed by atoms with Crippen LogP contribution in [-0.2, 0) is 11.8 Å². The van der Waals surface area contributed by atoms with E-state index in [1.165, 1.54) is 36.0 Å². The number of benzene rings is 2. The highest BCUT2D eigenvalue weighted by molar-refractivity contribution is 6.30. The lowest BCUT2D eigenvalue weighted by Gasteiger charge is -2.50. The van der Waals surface area contributed by atoms with Crippen LogP contribution < -0.4 is 15.4 Å². The van der Waals surface area contributed by atoms with Crippen molar-refractivity contribution in [3.63, 3.8) is 0 Å². The molecular formula is C26H34ClN3O2. The Balaban J connectivity index is 1.51. The quantitative estimate of drug-likeness (QED) is 0.583. The van der Waals surface area contributed by atoms with Gasteiger partial charge in [-0.15, -0.1) is 0 Å². The number of likely N-dealkylation sites (N-methyl/N-ethyl adjacent to an activating group) is 1. The largest absolute Gasteiger partial charge is 0.492 e. The molecule has 2 aromatic carbocycles. The summed E-state index contributed by atoms with van der Waals surface area (Å²) in [6.07, 6.45) is 4.63. The van der Waals surface area contributed by atoms with Crippen LogP contribution in [0.3, 0.4) is 0 Å². The molecule has 32 heavy (non-hydrogen) atoms. The second kappa shape index (κ2) is 10.1. The topological polar surface area (TPSA) is 53.6 Å². The molecule has 6 heteroatoms. The van der Waals surface area contributed by atoms with Gasteiger partial charge in [-0.2, -0.15) is 0 Å². The van der Waals surface area contributed by atoms with E-state index in [1.807, 2.05) is 26.0 Å². The number of carbonyl (C=O) groups excluding carboxylic acids is 1. The zero-order chi connectivity index (χ0) is 22.6. The van der Waals surface area contributed by atoms with Crippen molar-refractivity contribution >= 4 is 17.6 Å². The number of nitrogens with zero attached hydrogens (tertiary/aromatic N) is 1. The van der Waals surface area contributed by atoms with Crippen molar-refractivity contribution in [3.8, 4) is 5.75 Å². The van der Waals surface area contributed by atoms with Crippen LogP contribution in [0.25, 0.3) is 0 Å². The van der Waals surface area contributed by atoms with E-state index in [9.17, 15) is 4.79 Å². The highest BCUT2D eigenvalue weighted by Gasteiger charge is 2.47. The van der Waals surface area contributed by atoms with Crippen LogP contribution in [0.5, 0.6) is 5.75 Å². The number of carbonyl (C=O) groups is 1. The van der Waals surface area contributed by atoms with Crippen LogP contribution in [0.4, 0.5) is 4.79 Å². The highest BCUT2D eigenvalue weighted by atomic mass is 35.5. The third-order valence-electron chi connectivity index (χ3n) is 7.02. The first-order valence-corrected chi connectivity index (χ1v) is 12.2. The molecule has 2 N–H and O–H groups in total. The van der Waals surface area contributed by atoms with E-state index in [2.05, 4.69) is 41.0 Å². The average molecular weight is 456 g/mol. The number of nitrogens with one attached hydrogen (secondary N) is 2. The van der Waals surface area contributed by atoms with Gasteiger partial charge in [0.2, 0.25) is 0 Å². The van der Waals surface area contributed by atoms with Crippen molar-refractivity contribution in [2.45, 2.75) is 51.0 Å². The lowest BCUT2D eigenvalue weighted by Crippen LogP contribution is -2.49. The molecule has 1 aliphatic carbocycles. The number of urea groups is 1. The number of amides is 2. The van der Waals surface area contributed by atoms with E-state index < -0.39 is 0 Å². The molecule has 0 aromatic heterocycles. The zero-order valence-electron chi connectivity index (χ0n) is 19.1. The Labute approximate surface area is 196 Å². The standard InChI is InChI=1S/C26H34ClN3O2/c1-3-28-25(31)30(4-2)16-17-32-22-11-6-19-12-15-29-24(23(19)18-22)26(13-5-14-26)20-7-9-21(27)10-8-20/h6-11,18,24,29H,3-5,12-17H2,1-2H3,(H,28,31). The first-order valence-electron chi connectivity index (χ1n) is 11.8. The SMILES string of the molecule is CCNC(=O)N(CC)CCOc1ccc2c(c1)C(C1(c3ccc(Cl)cc3)CCC1)NCC2. The summed E-state index contributed by atoms with van der Waals surface area (Å²) in [5.41, 5.74) is 4.22. The Hall–Kier alpha value is -2.24. The van der Waals surface area contributed by atoms with Crippen LogP contribution in [0.1, 0.15) is 55.8 Å². The Morgan fingerprint density at radius 1 is 1.22 bits per heavy atom. The van der Waals surface area contributed by atoms with Gasteiger partial charge in [0.05, 0.1) is 6.54 Å². The smallest absolute Gasteiger partial charge is 0.317 e. The molecule has 1 heterocycles. The van der Waals surface area contributed by atoms with Crippen LogP contribution in [-0.4, -0.2) is 43.7 Å². The van der Waals surface area contributed by atoms with Gasteiger partial charge in [-0.1, -0.05) is 36.2 Å². The number of fused-ring (bicyclic) bond motifs is 1. The number of hydrogen-bond donors (Lipinski definition) is 2. The molecule has 0 radical (unpaired) electrons. The number of ether oxygens (including phenoxy) is 1. The zero-order valence-corrected chi connectivity index (χ0v) is 19.9. The molecule has 0 saturated heterocycles. The van der Waals surface area contributed by atoms with Gasteiger partial charge in [0.1, 0.15) is 12.4 Å². The fourth-order valence-corrected chi connectivity index (χ4v) is 5.26. The van der Waals surface area contributed by atoms with E-state index in [0.717, 1.165) is 23.7 Å². The summed E-state index contributed by atoms with van der Waals surface area (Å²) in [7, 11) is 0. The molecule has 0 spiro atoms. The van der Waals surface area contributed by atoms with E-state index in [0.29, 0.717) is 26.2 Å². The van der Waals surface area contributed by atoms with Gasteiger partial charge in [0, 0.05) is 29.6 Å². The molecule has 1 fully saturated rings. The Bertz CT molecular complexity index is 927. The lowest BCUT2D eigenvalue weighted by molar-refractivity contribution is 0.164. The van der Waals surface area contributed by atoms with Crippen molar-refractivity contribution < 1.29 is 9.53 Å². The fraction of sp³-hybridized carbons (Fsp3) is 0.500. The Morgan fingerprint density at radius 3 is 2.66 bits per heavy atom. The molecule has 2 aliphatic rings. The van der Waals surface area contributed by atoms with Crippen LogP contribution in [0, 0.1) is 0 Å². The van der Waals surface area contributed by atoms with Crippen molar-refractivity contribution in [3.05, 3.63) is 64.2 Å². The minimum Gasteiger partial charge on any atom is -0.492 e. The molecule has 5 nitrogen and oxygen atoms in total. The predicted molar refractivity (Wildman–Crippen MR) is 130 cm³/mol. The minimum atomic E-state index is -0.0387. The van der Waals surface area contributed by atoms with Crippen molar-refractivity contribution in [1.82, 2.24) is 15.5 Å². The fourth-order valence-electron chi connectivity index (χ4n) is 5.14.